The Morgan fingerprint density at radius 2 is 1.68 bits per heavy atom. The van der Waals surface area contributed by atoms with Crippen LogP contribution in [-0.4, -0.2) is 19.9 Å². The highest BCUT2D eigenvalue weighted by molar-refractivity contribution is 5.85. The van der Waals surface area contributed by atoms with Crippen LogP contribution in [-0.2, 0) is 0 Å². The van der Waals surface area contributed by atoms with Gasteiger partial charge in [0, 0.05) is 46.0 Å². The Bertz CT molecular complexity index is 1210. The van der Waals surface area contributed by atoms with E-state index in [0.717, 1.165) is 38.6 Å². The summed E-state index contributed by atoms with van der Waals surface area (Å²) >= 11 is 0. The highest BCUT2D eigenvalue weighted by Gasteiger charge is 2.07. The lowest BCUT2D eigenvalue weighted by Crippen LogP contribution is -1.92. The van der Waals surface area contributed by atoms with E-state index in [1.54, 1.807) is 6.20 Å². The molecule has 0 saturated carbocycles. The minimum Gasteiger partial charge on any atom is -0.361 e. The van der Waals surface area contributed by atoms with Gasteiger partial charge in [-0.05, 0) is 42.5 Å². The van der Waals surface area contributed by atoms with Crippen LogP contribution in [0.5, 0.6) is 0 Å². The van der Waals surface area contributed by atoms with Crippen molar-refractivity contribution in [3.05, 3.63) is 79.3 Å². The van der Waals surface area contributed by atoms with E-state index >= 15 is 0 Å². The first-order valence-corrected chi connectivity index (χ1v) is 8.12. The largest absolute Gasteiger partial charge is 0.361 e. The Morgan fingerprint density at radius 1 is 0.760 bits per heavy atom. The summed E-state index contributed by atoms with van der Waals surface area (Å²) in [5.74, 6) is 0.716. The van der Waals surface area contributed by atoms with Gasteiger partial charge in [0.05, 0.1) is 11.2 Å². The van der Waals surface area contributed by atoms with E-state index < -0.39 is 0 Å². The van der Waals surface area contributed by atoms with Crippen molar-refractivity contribution in [2.24, 2.45) is 0 Å². The minimum absolute atomic E-state index is 0.716. The Morgan fingerprint density at radius 3 is 2.68 bits per heavy atom. The fraction of sp³-hybridized carbons (Fsp3) is 0. The van der Waals surface area contributed by atoms with Crippen LogP contribution in [0.3, 0.4) is 0 Å². The van der Waals surface area contributed by atoms with Crippen molar-refractivity contribution in [1.29, 1.82) is 0 Å². The van der Waals surface area contributed by atoms with Crippen LogP contribution in [0.4, 0.5) is 0 Å². The van der Waals surface area contributed by atoms with Crippen LogP contribution in [0.1, 0.15) is 0 Å². The fourth-order valence-corrected chi connectivity index (χ4v) is 3.06. The van der Waals surface area contributed by atoms with E-state index in [4.69, 9.17) is 4.98 Å². The van der Waals surface area contributed by atoms with Crippen LogP contribution in [0.2, 0.25) is 0 Å². The monoisotopic (exact) mass is 322 g/mol. The maximum atomic E-state index is 4.75. The molecule has 5 aromatic rings. The molecule has 5 rings (SSSR count). The molecule has 3 aromatic heterocycles. The molecule has 25 heavy (non-hydrogen) atoms. The summed E-state index contributed by atoms with van der Waals surface area (Å²) in [5, 5.41) is 2.26. The molecule has 0 amide bonds. The van der Waals surface area contributed by atoms with Crippen molar-refractivity contribution >= 4 is 21.8 Å². The third-order valence-electron chi connectivity index (χ3n) is 4.35. The SMILES string of the molecule is c1ccc2ncc(-c3ccnc(-c4ccc5[nH]ccc5c4)n3)cc2c1. The van der Waals surface area contributed by atoms with Gasteiger partial charge in [0.2, 0.25) is 0 Å². The lowest BCUT2D eigenvalue weighted by atomic mass is 10.1. The molecule has 3 heterocycles. The van der Waals surface area contributed by atoms with Crippen LogP contribution in [0.15, 0.2) is 79.3 Å². The zero-order valence-corrected chi connectivity index (χ0v) is 13.3. The van der Waals surface area contributed by atoms with Gasteiger partial charge in [-0.1, -0.05) is 18.2 Å². The third kappa shape index (κ3) is 2.44. The van der Waals surface area contributed by atoms with Gasteiger partial charge in [0.25, 0.3) is 0 Å². The van der Waals surface area contributed by atoms with Crippen molar-refractivity contribution in [2.45, 2.75) is 0 Å². The van der Waals surface area contributed by atoms with Crippen molar-refractivity contribution in [2.75, 3.05) is 0 Å². The van der Waals surface area contributed by atoms with Gasteiger partial charge in [-0.25, -0.2) is 9.97 Å². The predicted molar refractivity (Wildman–Crippen MR) is 100 cm³/mol. The van der Waals surface area contributed by atoms with Gasteiger partial charge >= 0.3 is 0 Å². The molecule has 0 aliphatic carbocycles. The zero-order chi connectivity index (χ0) is 16.6. The summed E-state index contributed by atoms with van der Waals surface area (Å²) < 4.78 is 0. The normalized spacial score (nSPS) is 11.2. The summed E-state index contributed by atoms with van der Waals surface area (Å²) in [5.41, 5.74) is 4.96. The molecule has 0 saturated heterocycles. The van der Waals surface area contributed by atoms with Gasteiger partial charge in [0.1, 0.15) is 0 Å². The van der Waals surface area contributed by atoms with Crippen molar-refractivity contribution in [1.82, 2.24) is 19.9 Å². The summed E-state index contributed by atoms with van der Waals surface area (Å²) in [6, 6.07) is 20.4. The van der Waals surface area contributed by atoms with E-state index in [9.17, 15) is 0 Å². The summed E-state index contributed by atoms with van der Waals surface area (Å²) in [4.78, 5) is 16.9. The second-order valence-electron chi connectivity index (χ2n) is 5.96. The molecule has 0 unspecified atom stereocenters. The molecule has 0 aliphatic heterocycles. The maximum absolute atomic E-state index is 4.75. The van der Waals surface area contributed by atoms with Gasteiger partial charge < -0.3 is 4.98 Å². The van der Waals surface area contributed by atoms with Crippen LogP contribution in [0.25, 0.3) is 44.5 Å². The quantitative estimate of drug-likeness (QED) is 0.506. The summed E-state index contributed by atoms with van der Waals surface area (Å²) in [6.07, 6.45) is 5.60. The summed E-state index contributed by atoms with van der Waals surface area (Å²) in [6.45, 7) is 0. The molecule has 0 bridgehead atoms. The average Bonchev–Trinajstić information content (AvgIpc) is 3.15. The standard InChI is InChI=1S/C21H14N4/c1-2-4-18-14(3-1)12-17(13-24-18)20-8-10-23-21(25-20)16-5-6-19-15(11-16)7-9-22-19/h1-13,22H. The number of H-pyrrole nitrogens is 1. The molecule has 1 N–H and O–H groups in total. The number of benzene rings is 2. The smallest absolute Gasteiger partial charge is 0.159 e. The van der Waals surface area contributed by atoms with Gasteiger partial charge in [-0.15, -0.1) is 0 Å². The van der Waals surface area contributed by atoms with E-state index in [0.29, 0.717) is 5.82 Å². The maximum Gasteiger partial charge on any atom is 0.159 e. The van der Waals surface area contributed by atoms with Crippen molar-refractivity contribution < 1.29 is 0 Å². The van der Waals surface area contributed by atoms with E-state index in [-0.39, 0.29) is 0 Å². The predicted octanol–water partition coefficient (Wildman–Crippen LogP) is 4.84. The molecule has 4 nitrogen and oxygen atoms in total. The van der Waals surface area contributed by atoms with Crippen LogP contribution in [0, 0.1) is 0 Å². The molecule has 118 valence electrons. The number of aromatic nitrogens is 4. The summed E-state index contributed by atoms with van der Waals surface area (Å²) in [7, 11) is 0. The van der Waals surface area contributed by atoms with Crippen molar-refractivity contribution in [3.8, 4) is 22.6 Å². The van der Waals surface area contributed by atoms with Crippen molar-refractivity contribution in [3.63, 3.8) is 0 Å². The number of rotatable bonds is 2. The lowest BCUT2D eigenvalue weighted by molar-refractivity contribution is 1.18. The highest BCUT2D eigenvalue weighted by Crippen LogP contribution is 2.25. The molecule has 0 aliphatic rings. The Hall–Kier alpha value is -3.53. The number of nitrogens with one attached hydrogen (secondary N) is 1. The molecule has 0 radical (unpaired) electrons. The molecule has 0 atom stereocenters. The second kappa shape index (κ2) is 5.53. The number of hydrogen-bond acceptors (Lipinski definition) is 3. The molecule has 2 aromatic carbocycles. The second-order valence-corrected chi connectivity index (χ2v) is 5.96. The minimum atomic E-state index is 0.716. The van der Waals surface area contributed by atoms with E-state index in [1.807, 2.05) is 42.7 Å². The average molecular weight is 322 g/mol. The fourth-order valence-electron chi connectivity index (χ4n) is 3.06. The Labute approximate surface area is 144 Å². The number of hydrogen-bond donors (Lipinski definition) is 1. The third-order valence-corrected chi connectivity index (χ3v) is 4.35. The molecule has 0 spiro atoms. The number of fused-ring (bicyclic) bond motifs is 2. The number of nitrogens with zero attached hydrogens (tertiary/aromatic N) is 3. The Kier molecular flexibility index (Phi) is 3.07. The first kappa shape index (κ1) is 13.9. The molecular weight excluding hydrogens is 308 g/mol. The number of pyridine rings is 1. The van der Waals surface area contributed by atoms with E-state index in [2.05, 4.69) is 45.3 Å². The topological polar surface area (TPSA) is 54.5 Å². The highest BCUT2D eigenvalue weighted by atomic mass is 14.9. The first-order chi connectivity index (χ1) is 12.4. The first-order valence-electron chi connectivity index (χ1n) is 8.12. The molecule has 4 heteroatoms. The van der Waals surface area contributed by atoms with Gasteiger partial charge in [0.15, 0.2) is 5.82 Å². The molecular formula is C21H14N4. The van der Waals surface area contributed by atoms with Crippen LogP contribution >= 0.6 is 0 Å². The Balaban J connectivity index is 1.61. The zero-order valence-electron chi connectivity index (χ0n) is 13.3. The lowest BCUT2D eigenvalue weighted by Gasteiger charge is -2.05. The van der Waals surface area contributed by atoms with Crippen LogP contribution < -0.4 is 0 Å². The number of aromatic amines is 1. The molecule has 0 fully saturated rings. The van der Waals surface area contributed by atoms with E-state index in [1.165, 1.54) is 0 Å². The number of para-hydroxylation sites is 1. The van der Waals surface area contributed by atoms with Gasteiger partial charge in [-0.3, -0.25) is 4.98 Å². The van der Waals surface area contributed by atoms with Gasteiger partial charge in [-0.2, -0.15) is 0 Å².